The molecular formula is C23H23N3O3S. The zero-order chi connectivity index (χ0) is 20.2. The minimum atomic E-state index is -0.366. The molecule has 1 aliphatic heterocycles. The molecule has 1 aromatic carbocycles. The molecule has 154 valence electrons. The van der Waals surface area contributed by atoms with Crippen LogP contribution in [0.25, 0.3) is 26.8 Å². The Bertz CT molecular complexity index is 1390. The first kappa shape index (κ1) is 18.2. The average molecular weight is 422 g/mol. The highest BCUT2D eigenvalue weighted by atomic mass is 32.1. The van der Waals surface area contributed by atoms with E-state index in [2.05, 4.69) is 15.7 Å². The predicted molar refractivity (Wildman–Crippen MR) is 119 cm³/mol. The van der Waals surface area contributed by atoms with Gasteiger partial charge in [0.2, 0.25) is 0 Å². The van der Waals surface area contributed by atoms with Crippen molar-refractivity contribution in [3.63, 3.8) is 0 Å². The van der Waals surface area contributed by atoms with Crippen LogP contribution in [0.4, 0.5) is 0 Å². The second-order valence-corrected chi connectivity index (χ2v) is 9.56. The van der Waals surface area contributed by atoms with Gasteiger partial charge in [-0.05, 0) is 55.5 Å². The number of H-pyrrole nitrogens is 1. The van der Waals surface area contributed by atoms with E-state index in [0.29, 0.717) is 17.0 Å². The van der Waals surface area contributed by atoms with Crippen LogP contribution in [-0.2, 0) is 24.1 Å². The van der Waals surface area contributed by atoms with Gasteiger partial charge in [0.1, 0.15) is 4.83 Å². The van der Waals surface area contributed by atoms with Gasteiger partial charge in [-0.3, -0.25) is 9.78 Å². The van der Waals surface area contributed by atoms with Gasteiger partial charge in [-0.1, -0.05) is 6.42 Å². The molecule has 6 nitrogen and oxygen atoms in total. The molecule has 0 amide bonds. The lowest BCUT2D eigenvalue weighted by molar-refractivity contribution is -0.0388. The van der Waals surface area contributed by atoms with Crippen molar-refractivity contribution in [2.75, 3.05) is 13.2 Å². The smallest absolute Gasteiger partial charge is 0.334 e. The molecule has 0 unspecified atom stereocenters. The number of nitrogens with zero attached hydrogens (tertiary/aromatic N) is 2. The summed E-state index contributed by atoms with van der Waals surface area (Å²) in [5, 5.41) is 1.74. The van der Waals surface area contributed by atoms with Crippen LogP contribution in [0.2, 0.25) is 0 Å². The second kappa shape index (κ2) is 6.96. The van der Waals surface area contributed by atoms with Gasteiger partial charge >= 0.3 is 5.69 Å². The minimum Gasteiger partial charge on any atom is -0.381 e. The fraction of sp³-hybridized carbons (Fsp3) is 0.391. The molecule has 0 saturated carbocycles. The topological polar surface area (TPSA) is 69.0 Å². The van der Waals surface area contributed by atoms with E-state index in [1.54, 1.807) is 11.3 Å². The molecular weight excluding hydrogens is 398 g/mol. The van der Waals surface area contributed by atoms with Crippen LogP contribution in [-0.4, -0.2) is 27.3 Å². The van der Waals surface area contributed by atoms with Gasteiger partial charge in [0, 0.05) is 34.4 Å². The Balaban J connectivity index is 1.49. The van der Waals surface area contributed by atoms with Gasteiger partial charge in [0.25, 0.3) is 5.56 Å². The van der Waals surface area contributed by atoms with E-state index >= 15 is 0 Å². The number of hydrogen-bond acceptors (Lipinski definition) is 4. The Labute approximate surface area is 176 Å². The van der Waals surface area contributed by atoms with Crippen LogP contribution in [0.5, 0.6) is 0 Å². The fourth-order valence-electron chi connectivity index (χ4n) is 4.80. The number of benzene rings is 1. The maximum absolute atomic E-state index is 13.5. The Morgan fingerprint density at radius 1 is 1.10 bits per heavy atom. The summed E-state index contributed by atoms with van der Waals surface area (Å²) in [7, 11) is 0. The van der Waals surface area contributed by atoms with E-state index in [0.717, 1.165) is 66.7 Å². The first-order chi connectivity index (χ1) is 14.7. The molecule has 6 rings (SSSR count). The van der Waals surface area contributed by atoms with E-state index in [9.17, 15) is 9.59 Å². The average Bonchev–Trinajstić information content (AvgIpc) is 3.17. The van der Waals surface area contributed by atoms with Gasteiger partial charge in [0.05, 0.1) is 24.3 Å². The van der Waals surface area contributed by atoms with E-state index in [-0.39, 0.29) is 11.2 Å². The van der Waals surface area contributed by atoms with Crippen LogP contribution < -0.4 is 11.2 Å². The summed E-state index contributed by atoms with van der Waals surface area (Å²) in [6, 6.07) is 7.88. The van der Waals surface area contributed by atoms with Crippen molar-refractivity contribution < 1.29 is 4.74 Å². The van der Waals surface area contributed by atoms with E-state index in [1.807, 2.05) is 24.3 Å². The molecule has 3 aromatic heterocycles. The van der Waals surface area contributed by atoms with Crippen molar-refractivity contribution in [2.24, 2.45) is 5.92 Å². The highest BCUT2D eigenvalue weighted by Gasteiger charge is 2.22. The third-order valence-corrected chi connectivity index (χ3v) is 7.64. The van der Waals surface area contributed by atoms with Gasteiger partial charge in [0.15, 0.2) is 0 Å². The molecule has 30 heavy (non-hydrogen) atoms. The number of nitrogens with one attached hydrogen (secondary N) is 1. The molecule has 0 atom stereocenters. The van der Waals surface area contributed by atoms with Crippen LogP contribution in [0.3, 0.4) is 0 Å². The Kier molecular flexibility index (Phi) is 4.21. The molecule has 0 bridgehead atoms. The predicted octanol–water partition coefficient (Wildman–Crippen LogP) is 3.61. The zero-order valence-electron chi connectivity index (χ0n) is 16.6. The molecule has 1 aliphatic carbocycles. The summed E-state index contributed by atoms with van der Waals surface area (Å²) in [4.78, 5) is 31.3. The Morgan fingerprint density at radius 3 is 2.80 bits per heavy atom. The number of aryl methyl sites for hydroxylation is 2. The monoisotopic (exact) mass is 421 g/mol. The van der Waals surface area contributed by atoms with E-state index in [1.165, 1.54) is 15.9 Å². The largest absolute Gasteiger partial charge is 0.381 e. The van der Waals surface area contributed by atoms with Crippen molar-refractivity contribution >= 4 is 32.5 Å². The molecule has 1 saturated heterocycles. The number of rotatable bonds is 3. The SMILES string of the molecule is O=c1[nH]c2sc3c(c2c(=O)n1-c1ccc2c(ccn2CC2COC2)c1)CCCCC3. The minimum absolute atomic E-state index is 0.196. The van der Waals surface area contributed by atoms with Crippen molar-refractivity contribution in [2.45, 2.75) is 38.6 Å². The summed E-state index contributed by atoms with van der Waals surface area (Å²) in [6.07, 6.45) is 7.44. The summed E-state index contributed by atoms with van der Waals surface area (Å²) in [5.41, 5.74) is 2.32. The van der Waals surface area contributed by atoms with Crippen molar-refractivity contribution in [1.29, 1.82) is 0 Å². The van der Waals surface area contributed by atoms with Crippen LogP contribution in [0, 0.1) is 5.92 Å². The second-order valence-electron chi connectivity index (χ2n) is 8.45. The number of fused-ring (bicyclic) bond motifs is 4. The summed E-state index contributed by atoms with van der Waals surface area (Å²) < 4.78 is 8.81. The van der Waals surface area contributed by atoms with Crippen molar-refractivity contribution in [3.05, 3.63) is 61.7 Å². The van der Waals surface area contributed by atoms with Gasteiger partial charge < -0.3 is 9.30 Å². The maximum Gasteiger partial charge on any atom is 0.334 e. The highest BCUT2D eigenvalue weighted by molar-refractivity contribution is 7.18. The van der Waals surface area contributed by atoms with Crippen molar-refractivity contribution in [3.8, 4) is 5.69 Å². The highest BCUT2D eigenvalue weighted by Crippen LogP contribution is 2.32. The summed E-state index contributed by atoms with van der Waals surface area (Å²) in [6.45, 7) is 2.55. The first-order valence-electron chi connectivity index (χ1n) is 10.7. The molecule has 0 radical (unpaired) electrons. The normalized spacial score (nSPS) is 17.2. The van der Waals surface area contributed by atoms with Gasteiger partial charge in [-0.15, -0.1) is 11.3 Å². The fourth-order valence-corrected chi connectivity index (χ4v) is 6.07. The van der Waals surface area contributed by atoms with Gasteiger partial charge in [-0.2, -0.15) is 0 Å². The van der Waals surface area contributed by atoms with Crippen LogP contribution in [0.1, 0.15) is 29.7 Å². The molecule has 7 heteroatoms. The number of thiophene rings is 1. The van der Waals surface area contributed by atoms with Gasteiger partial charge in [-0.25, -0.2) is 9.36 Å². The molecule has 0 spiro atoms. The third-order valence-electron chi connectivity index (χ3n) is 6.44. The van der Waals surface area contributed by atoms with Crippen LogP contribution >= 0.6 is 11.3 Å². The zero-order valence-corrected chi connectivity index (χ0v) is 17.5. The Hall–Kier alpha value is -2.64. The lowest BCUT2D eigenvalue weighted by Crippen LogP contribution is -2.33. The molecule has 4 heterocycles. The molecule has 1 fully saturated rings. The standard InChI is InChI=1S/C23H23N3O3S/c27-22-20-17-4-2-1-3-5-19(17)30-21(20)24-23(28)26(22)16-6-7-18-15(10-16)8-9-25(18)11-14-12-29-13-14/h6-10,14H,1-5,11-13H2,(H,24,28). The number of hydrogen-bond donors (Lipinski definition) is 1. The maximum atomic E-state index is 13.5. The molecule has 2 aliphatic rings. The third kappa shape index (κ3) is 2.80. The Morgan fingerprint density at radius 2 is 1.97 bits per heavy atom. The van der Waals surface area contributed by atoms with E-state index in [4.69, 9.17) is 4.74 Å². The van der Waals surface area contributed by atoms with Crippen molar-refractivity contribution in [1.82, 2.24) is 14.1 Å². The van der Waals surface area contributed by atoms with E-state index < -0.39 is 0 Å². The summed E-state index contributed by atoms with van der Waals surface area (Å²) >= 11 is 1.58. The number of aromatic amines is 1. The lowest BCUT2D eigenvalue weighted by Gasteiger charge is -2.26. The summed E-state index contributed by atoms with van der Waals surface area (Å²) in [5.74, 6) is 0.557. The number of ether oxygens (including phenoxy) is 1. The quantitative estimate of drug-likeness (QED) is 0.514. The first-order valence-corrected chi connectivity index (χ1v) is 11.5. The molecule has 4 aromatic rings. The number of aromatic nitrogens is 3. The lowest BCUT2D eigenvalue weighted by atomic mass is 10.1. The molecule has 1 N–H and O–H groups in total. The van der Waals surface area contributed by atoms with Crippen LogP contribution in [0.15, 0.2) is 40.1 Å².